The maximum Gasteiger partial charge on any atom is 0.204 e. The van der Waals surface area contributed by atoms with Crippen molar-refractivity contribution in [3.05, 3.63) is 30.1 Å². The predicted molar refractivity (Wildman–Crippen MR) is 84.0 cm³/mol. The normalized spacial score (nSPS) is 12.4. The van der Waals surface area contributed by atoms with E-state index in [2.05, 4.69) is 37.9 Å². The molecule has 3 rings (SSSR count). The van der Waals surface area contributed by atoms with Crippen LogP contribution in [0.4, 0.5) is 11.6 Å². The highest BCUT2D eigenvalue weighted by Gasteiger charge is 2.16. The zero-order valence-electron chi connectivity index (χ0n) is 10.9. The smallest absolute Gasteiger partial charge is 0.204 e. The van der Waals surface area contributed by atoms with Crippen molar-refractivity contribution in [2.24, 2.45) is 0 Å². The Morgan fingerprint density at radius 2 is 2.05 bits per heavy atom. The van der Waals surface area contributed by atoms with Crippen molar-refractivity contribution in [3.63, 3.8) is 0 Å². The molecular formula is C13H16IN3O2. The number of aromatic nitrogens is 2. The third-order valence-electron chi connectivity index (χ3n) is 2.71. The van der Waals surface area contributed by atoms with Gasteiger partial charge in [-0.1, -0.05) is 22.6 Å². The lowest BCUT2D eigenvalue weighted by atomic mass is 10.1. The fourth-order valence-corrected chi connectivity index (χ4v) is 1.85. The first-order chi connectivity index (χ1) is 9.34. The molecule has 0 unspecified atom stereocenters. The molecule has 0 spiro atoms. The van der Waals surface area contributed by atoms with E-state index in [4.69, 9.17) is 9.47 Å². The first kappa shape index (κ1) is 14.0. The van der Waals surface area contributed by atoms with E-state index in [9.17, 15) is 0 Å². The van der Waals surface area contributed by atoms with E-state index in [1.807, 2.05) is 24.0 Å². The highest BCUT2D eigenvalue weighted by Crippen LogP contribution is 2.38. The molecule has 0 radical (unpaired) electrons. The van der Waals surface area contributed by atoms with E-state index in [0.717, 1.165) is 22.7 Å². The summed E-state index contributed by atoms with van der Waals surface area (Å²) in [5.74, 6) is 2.33. The Bertz CT molecular complexity index is 529. The van der Waals surface area contributed by atoms with Gasteiger partial charge in [-0.25, -0.2) is 4.98 Å². The molecule has 0 atom stereocenters. The summed E-state index contributed by atoms with van der Waals surface area (Å²) in [6, 6.07) is 3.87. The monoisotopic (exact) mass is 373 g/mol. The molecule has 1 aliphatic rings. The summed E-state index contributed by atoms with van der Waals surface area (Å²) >= 11 is 2.15. The van der Waals surface area contributed by atoms with Crippen LogP contribution in [0.15, 0.2) is 24.5 Å². The van der Waals surface area contributed by atoms with E-state index < -0.39 is 0 Å². The quantitative estimate of drug-likeness (QED) is 0.627. The zero-order chi connectivity index (χ0) is 13.7. The van der Waals surface area contributed by atoms with Crippen molar-refractivity contribution in [2.75, 3.05) is 23.5 Å². The first-order valence-electron chi connectivity index (χ1n) is 5.88. The largest absolute Gasteiger partial charge is 0.486 e. The molecular weight excluding hydrogens is 357 g/mol. The molecule has 2 N–H and O–H groups in total. The fourth-order valence-electron chi connectivity index (χ4n) is 1.85. The van der Waals surface area contributed by atoms with Crippen molar-refractivity contribution in [3.8, 4) is 11.5 Å². The highest BCUT2D eigenvalue weighted by molar-refractivity contribution is 14.1. The van der Waals surface area contributed by atoms with Gasteiger partial charge in [-0.15, -0.1) is 0 Å². The van der Waals surface area contributed by atoms with Crippen LogP contribution in [-0.4, -0.2) is 28.1 Å². The maximum atomic E-state index is 5.62. The van der Waals surface area contributed by atoms with Crippen LogP contribution in [0.1, 0.15) is 5.56 Å². The van der Waals surface area contributed by atoms with Gasteiger partial charge in [-0.05, 0) is 24.0 Å². The van der Waals surface area contributed by atoms with Crippen LogP contribution in [0, 0.1) is 6.92 Å². The minimum Gasteiger partial charge on any atom is -0.486 e. The number of nitrogens with one attached hydrogen (secondary N) is 2. The molecule has 2 heterocycles. The second kappa shape index (κ2) is 6.65. The third kappa shape index (κ3) is 3.12. The SMILES string of the molecule is CI.Cc1c(Nc2ncc[nH]2)ccc2c1OCCO2. The third-order valence-corrected chi connectivity index (χ3v) is 2.71. The summed E-state index contributed by atoms with van der Waals surface area (Å²) in [6.45, 7) is 3.20. The van der Waals surface area contributed by atoms with Crippen LogP contribution in [0.2, 0.25) is 0 Å². The van der Waals surface area contributed by atoms with Crippen molar-refractivity contribution in [2.45, 2.75) is 6.92 Å². The summed E-state index contributed by atoms with van der Waals surface area (Å²) in [6.07, 6.45) is 3.48. The van der Waals surface area contributed by atoms with Gasteiger partial charge in [-0.3, -0.25) is 0 Å². The Labute approximate surface area is 125 Å². The fraction of sp³-hybridized carbons (Fsp3) is 0.308. The van der Waals surface area contributed by atoms with E-state index in [0.29, 0.717) is 19.2 Å². The molecule has 1 aromatic heterocycles. The number of imidazole rings is 1. The number of ether oxygens (including phenoxy) is 2. The van der Waals surface area contributed by atoms with Crippen molar-refractivity contribution in [1.29, 1.82) is 0 Å². The lowest BCUT2D eigenvalue weighted by molar-refractivity contribution is 0.170. The summed E-state index contributed by atoms with van der Waals surface area (Å²) in [5, 5.41) is 3.20. The molecule has 5 nitrogen and oxygen atoms in total. The van der Waals surface area contributed by atoms with Gasteiger partial charge in [0.15, 0.2) is 11.5 Å². The van der Waals surface area contributed by atoms with Crippen molar-refractivity contribution in [1.82, 2.24) is 9.97 Å². The lowest BCUT2D eigenvalue weighted by Crippen LogP contribution is -2.16. The van der Waals surface area contributed by atoms with Gasteiger partial charge in [0.1, 0.15) is 13.2 Å². The second-order valence-electron chi connectivity index (χ2n) is 3.83. The summed E-state index contributed by atoms with van der Waals surface area (Å²) < 4.78 is 11.1. The predicted octanol–water partition coefficient (Wildman–Crippen LogP) is 3.28. The minimum absolute atomic E-state index is 0.595. The molecule has 0 aliphatic carbocycles. The molecule has 0 saturated heterocycles. The minimum atomic E-state index is 0.595. The summed E-state index contributed by atoms with van der Waals surface area (Å²) in [4.78, 5) is 9.09. The van der Waals surface area contributed by atoms with E-state index >= 15 is 0 Å². The van der Waals surface area contributed by atoms with Gasteiger partial charge in [0, 0.05) is 23.6 Å². The average Bonchev–Trinajstić information content (AvgIpc) is 2.97. The van der Waals surface area contributed by atoms with Crippen LogP contribution in [0.3, 0.4) is 0 Å². The van der Waals surface area contributed by atoms with E-state index in [1.165, 1.54) is 0 Å². The van der Waals surface area contributed by atoms with Gasteiger partial charge in [-0.2, -0.15) is 0 Å². The molecule has 2 aromatic rings. The number of nitrogens with zero attached hydrogens (tertiary/aromatic N) is 1. The number of H-pyrrole nitrogens is 1. The van der Waals surface area contributed by atoms with E-state index in [-0.39, 0.29) is 0 Å². The Kier molecular flexibility index (Phi) is 4.89. The first-order valence-corrected chi connectivity index (χ1v) is 8.04. The molecule has 1 aliphatic heterocycles. The second-order valence-corrected chi connectivity index (χ2v) is 3.83. The molecule has 0 amide bonds. The average molecular weight is 373 g/mol. The number of fused-ring (bicyclic) bond motifs is 1. The van der Waals surface area contributed by atoms with Gasteiger partial charge in [0.2, 0.25) is 5.95 Å². The molecule has 6 heteroatoms. The molecule has 1 aromatic carbocycles. The number of rotatable bonds is 2. The number of aromatic amines is 1. The Hall–Kier alpha value is -1.44. The number of hydrogen-bond acceptors (Lipinski definition) is 4. The van der Waals surface area contributed by atoms with Gasteiger partial charge in [0.05, 0.1) is 0 Å². The Balaban J connectivity index is 0.000000637. The molecule has 102 valence electrons. The maximum absolute atomic E-state index is 5.62. The highest BCUT2D eigenvalue weighted by atomic mass is 127. The molecule has 0 saturated carbocycles. The lowest BCUT2D eigenvalue weighted by Gasteiger charge is -2.21. The van der Waals surface area contributed by atoms with Crippen LogP contribution in [-0.2, 0) is 0 Å². The van der Waals surface area contributed by atoms with Crippen molar-refractivity contribution >= 4 is 34.2 Å². The Morgan fingerprint density at radius 3 is 2.79 bits per heavy atom. The summed E-state index contributed by atoms with van der Waals surface area (Å²) in [7, 11) is 0. The van der Waals surface area contributed by atoms with Gasteiger partial charge >= 0.3 is 0 Å². The number of hydrogen-bond donors (Lipinski definition) is 2. The van der Waals surface area contributed by atoms with Crippen LogP contribution >= 0.6 is 22.6 Å². The number of anilines is 2. The standard InChI is InChI=1S/C12H13N3O2.CH3I/c1-8-9(15-12-13-4-5-14-12)2-3-10-11(8)17-7-6-16-10;1-2/h2-5H,6-7H2,1H3,(H2,13,14,15);1H3. The Morgan fingerprint density at radius 1 is 1.26 bits per heavy atom. The van der Waals surface area contributed by atoms with Gasteiger partial charge < -0.3 is 19.8 Å². The topological polar surface area (TPSA) is 59.2 Å². The number of benzene rings is 1. The molecule has 0 fully saturated rings. The van der Waals surface area contributed by atoms with Crippen LogP contribution < -0.4 is 14.8 Å². The van der Waals surface area contributed by atoms with Crippen LogP contribution in [0.5, 0.6) is 11.5 Å². The number of alkyl halides is 1. The molecule has 0 bridgehead atoms. The van der Waals surface area contributed by atoms with Crippen LogP contribution in [0.25, 0.3) is 0 Å². The molecule has 19 heavy (non-hydrogen) atoms. The summed E-state index contributed by atoms with van der Waals surface area (Å²) in [5.41, 5.74) is 1.99. The zero-order valence-corrected chi connectivity index (χ0v) is 13.0. The number of halogens is 1. The van der Waals surface area contributed by atoms with E-state index in [1.54, 1.807) is 12.4 Å². The van der Waals surface area contributed by atoms with Gasteiger partial charge in [0.25, 0.3) is 0 Å². The van der Waals surface area contributed by atoms with Crippen molar-refractivity contribution < 1.29 is 9.47 Å².